The molecule has 2 aromatic rings. The van der Waals surface area contributed by atoms with Crippen molar-refractivity contribution in [3.63, 3.8) is 0 Å². The van der Waals surface area contributed by atoms with Crippen LogP contribution in [0.1, 0.15) is 21.6 Å². The third-order valence-electron chi connectivity index (χ3n) is 3.63. The van der Waals surface area contributed by atoms with Crippen LogP contribution in [0.4, 0.5) is 0 Å². The van der Waals surface area contributed by atoms with Gasteiger partial charge in [-0.3, -0.25) is 9.59 Å². The fourth-order valence-corrected chi connectivity index (χ4v) is 2.63. The second-order valence-corrected chi connectivity index (χ2v) is 5.77. The molecule has 0 aliphatic heterocycles. The van der Waals surface area contributed by atoms with Crippen molar-refractivity contribution in [3.05, 3.63) is 58.4 Å². The van der Waals surface area contributed by atoms with E-state index in [1.807, 2.05) is 17.7 Å². The summed E-state index contributed by atoms with van der Waals surface area (Å²) < 4.78 is 6.56. The predicted molar refractivity (Wildman–Crippen MR) is 88.4 cm³/mol. The molecule has 0 radical (unpaired) electrons. The van der Waals surface area contributed by atoms with Crippen molar-refractivity contribution in [2.24, 2.45) is 7.05 Å². The van der Waals surface area contributed by atoms with Crippen LogP contribution in [0.2, 0.25) is 5.02 Å². The quantitative estimate of drug-likeness (QED) is 0.790. The molecule has 0 unspecified atom stereocenters. The molecule has 1 amide bonds. The molecule has 1 aromatic carbocycles. The van der Waals surface area contributed by atoms with E-state index in [2.05, 4.69) is 4.74 Å². The van der Waals surface area contributed by atoms with Gasteiger partial charge in [-0.25, -0.2) is 0 Å². The van der Waals surface area contributed by atoms with Crippen LogP contribution in [-0.2, 0) is 29.5 Å². The highest BCUT2D eigenvalue weighted by Gasteiger charge is 2.18. The smallest absolute Gasteiger partial charge is 0.310 e. The lowest BCUT2D eigenvalue weighted by Crippen LogP contribution is -2.28. The number of amides is 1. The van der Waals surface area contributed by atoms with Gasteiger partial charge in [-0.15, -0.1) is 0 Å². The maximum atomic E-state index is 12.7. The van der Waals surface area contributed by atoms with Gasteiger partial charge in [0.05, 0.1) is 25.1 Å². The Morgan fingerprint density at radius 3 is 2.61 bits per heavy atom. The summed E-state index contributed by atoms with van der Waals surface area (Å²) in [6.45, 7) is 0.425. The van der Waals surface area contributed by atoms with Crippen LogP contribution < -0.4 is 0 Å². The Hall–Kier alpha value is -2.27. The normalized spacial score (nSPS) is 10.4. The third-order valence-corrected chi connectivity index (χ3v) is 3.84. The van der Waals surface area contributed by atoms with E-state index in [9.17, 15) is 9.59 Å². The molecular weight excluding hydrogens is 316 g/mol. The molecule has 0 atom stereocenters. The molecular formula is C17H19ClN2O3. The van der Waals surface area contributed by atoms with Gasteiger partial charge in [0.1, 0.15) is 0 Å². The summed E-state index contributed by atoms with van der Waals surface area (Å²) in [6, 6.07) is 8.88. The average molecular weight is 335 g/mol. The van der Waals surface area contributed by atoms with Crippen LogP contribution in [0.5, 0.6) is 0 Å². The maximum absolute atomic E-state index is 12.7. The first-order valence-electron chi connectivity index (χ1n) is 7.13. The number of esters is 1. The number of aromatic nitrogens is 1. The summed E-state index contributed by atoms with van der Waals surface area (Å²) in [5.41, 5.74) is 2.08. The first-order valence-corrected chi connectivity index (χ1v) is 7.51. The van der Waals surface area contributed by atoms with Gasteiger partial charge in [0.2, 0.25) is 0 Å². The van der Waals surface area contributed by atoms with Crippen molar-refractivity contribution in [1.82, 2.24) is 9.47 Å². The second-order valence-electron chi connectivity index (χ2n) is 5.33. The third kappa shape index (κ3) is 4.13. The van der Waals surface area contributed by atoms with Crippen LogP contribution in [0.15, 0.2) is 36.5 Å². The van der Waals surface area contributed by atoms with Crippen molar-refractivity contribution in [3.8, 4) is 0 Å². The van der Waals surface area contributed by atoms with Crippen LogP contribution in [0.3, 0.4) is 0 Å². The Kier molecular flexibility index (Phi) is 5.45. The minimum Gasteiger partial charge on any atom is -0.469 e. The number of nitrogens with zero attached hydrogens (tertiary/aromatic N) is 2. The standard InChI is InChI=1S/C17H19ClN2O3/c1-19-10-13(18)9-14(19)11-20(2)17(22)15-7-5-4-6-12(15)8-16(21)23-3/h4-7,9-10H,8,11H2,1-3H3. The van der Waals surface area contributed by atoms with Crippen molar-refractivity contribution in [1.29, 1.82) is 0 Å². The predicted octanol–water partition coefficient (Wildman–Crippen LogP) is 2.67. The Bertz CT molecular complexity index is 724. The lowest BCUT2D eigenvalue weighted by Gasteiger charge is -2.19. The van der Waals surface area contributed by atoms with E-state index in [1.165, 1.54) is 7.11 Å². The molecule has 0 aliphatic carbocycles. The molecule has 23 heavy (non-hydrogen) atoms. The van der Waals surface area contributed by atoms with Gasteiger partial charge >= 0.3 is 5.97 Å². The van der Waals surface area contributed by atoms with E-state index in [4.69, 9.17) is 11.6 Å². The van der Waals surface area contributed by atoms with Crippen LogP contribution in [0, 0.1) is 0 Å². The molecule has 1 aromatic heterocycles. The topological polar surface area (TPSA) is 51.5 Å². The van der Waals surface area contributed by atoms with E-state index >= 15 is 0 Å². The summed E-state index contributed by atoms with van der Waals surface area (Å²) in [5.74, 6) is -0.524. The fraction of sp³-hybridized carbons (Fsp3) is 0.294. The number of carbonyl (C=O) groups is 2. The summed E-state index contributed by atoms with van der Waals surface area (Å²) in [7, 11) is 4.93. The van der Waals surface area contributed by atoms with Gasteiger partial charge in [0, 0.05) is 31.5 Å². The van der Waals surface area contributed by atoms with Crippen LogP contribution in [-0.4, -0.2) is 35.5 Å². The van der Waals surface area contributed by atoms with Gasteiger partial charge in [0.15, 0.2) is 0 Å². The van der Waals surface area contributed by atoms with E-state index in [-0.39, 0.29) is 18.3 Å². The zero-order valence-electron chi connectivity index (χ0n) is 13.4. The summed E-state index contributed by atoms with van der Waals surface area (Å²) in [5, 5.41) is 0.634. The van der Waals surface area contributed by atoms with Gasteiger partial charge in [-0.1, -0.05) is 29.8 Å². The zero-order valence-corrected chi connectivity index (χ0v) is 14.1. The Balaban J connectivity index is 2.19. The van der Waals surface area contributed by atoms with E-state index in [0.717, 1.165) is 5.69 Å². The van der Waals surface area contributed by atoms with Gasteiger partial charge in [-0.05, 0) is 17.7 Å². The van der Waals surface area contributed by atoms with Crippen LogP contribution in [0.25, 0.3) is 0 Å². The molecule has 0 aliphatic rings. The fourth-order valence-electron chi connectivity index (χ4n) is 2.35. The highest BCUT2D eigenvalue weighted by atomic mass is 35.5. The van der Waals surface area contributed by atoms with Gasteiger partial charge in [-0.2, -0.15) is 0 Å². The lowest BCUT2D eigenvalue weighted by atomic mass is 10.0. The van der Waals surface area contributed by atoms with Crippen molar-refractivity contribution >= 4 is 23.5 Å². The van der Waals surface area contributed by atoms with E-state index in [0.29, 0.717) is 22.7 Å². The molecule has 0 spiro atoms. The molecule has 0 saturated heterocycles. The van der Waals surface area contributed by atoms with Gasteiger partial charge < -0.3 is 14.2 Å². The van der Waals surface area contributed by atoms with E-state index in [1.54, 1.807) is 42.4 Å². The number of ether oxygens (including phenoxy) is 1. The Morgan fingerprint density at radius 1 is 1.30 bits per heavy atom. The second kappa shape index (κ2) is 7.33. The number of rotatable bonds is 5. The number of hydrogen-bond donors (Lipinski definition) is 0. The minimum absolute atomic E-state index is 0.0717. The number of halogens is 1. The highest BCUT2D eigenvalue weighted by Crippen LogP contribution is 2.17. The van der Waals surface area contributed by atoms with Crippen molar-refractivity contribution in [2.45, 2.75) is 13.0 Å². The number of carbonyl (C=O) groups excluding carboxylic acids is 2. The molecule has 0 fully saturated rings. The lowest BCUT2D eigenvalue weighted by molar-refractivity contribution is -0.139. The van der Waals surface area contributed by atoms with E-state index < -0.39 is 0 Å². The SMILES string of the molecule is COC(=O)Cc1ccccc1C(=O)N(C)Cc1cc(Cl)cn1C. The molecule has 1 heterocycles. The number of aryl methyl sites for hydroxylation is 1. The first-order chi connectivity index (χ1) is 10.9. The maximum Gasteiger partial charge on any atom is 0.310 e. The summed E-state index contributed by atoms with van der Waals surface area (Å²) in [6.07, 6.45) is 1.86. The number of benzene rings is 1. The Labute approximate surface area is 140 Å². The summed E-state index contributed by atoms with van der Waals surface area (Å²) in [4.78, 5) is 25.8. The number of methoxy groups -OCH3 is 1. The van der Waals surface area contributed by atoms with Crippen molar-refractivity contribution in [2.75, 3.05) is 14.2 Å². The minimum atomic E-state index is -0.373. The summed E-state index contributed by atoms with van der Waals surface area (Å²) >= 11 is 5.97. The Morgan fingerprint density at radius 2 is 2.00 bits per heavy atom. The molecule has 0 bridgehead atoms. The highest BCUT2D eigenvalue weighted by molar-refractivity contribution is 6.30. The average Bonchev–Trinajstić information content (AvgIpc) is 2.84. The van der Waals surface area contributed by atoms with Crippen LogP contribution >= 0.6 is 11.6 Å². The molecule has 0 N–H and O–H groups in total. The van der Waals surface area contributed by atoms with Gasteiger partial charge in [0.25, 0.3) is 5.91 Å². The first kappa shape index (κ1) is 17.1. The monoisotopic (exact) mass is 334 g/mol. The molecule has 6 heteroatoms. The molecule has 2 rings (SSSR count). The molecule has 0 saturated carbocycles. The molecule has 122 valence electrons. The number of hydrogen-bond acceptors (Lipinski definition) is 3. The zero-order chi connectivity index (χ0) is 17.0. The molecule has 5 nitrogen and oxygen atoms in total. The largest absolute Gasteiger partial charge is 0.469 e. The van der Waals surface area contributed by atoms with Crippen molar-refractivity contribution < 1.29 is 14.3 Å².